The first-order valence-corrected chi connectivity index (χ1v) is 9.32. The number of aryl methyl sites for hydroxylation is 1. The van der Waals surface area contributed by atoms with Crippen molar-refractivity contribution in [1.82, 2.24) is 9.55 Å². The molecule has 132 valence electrons. The van der Waals surface area contributed by atoms with Crippen molar-refractivity contribution in [3.63, 3.8) is 0 Å². The van der Waals surface area contributed by atoms with Gasteiger partial charge in [0.15, 0.2) is 11.6 Å². The third-order valence-electron chi connectivity index (χ3n) is 3.81. The molecule has 3 rings (SSSR count). The van der Waals surface area contributed by atoms with E-state index in [0.29, 0.717) is 17.6 Å². The molecule has 8 heteroatoms. The number of aromatic nitrogens is 2. The summed E-state index contributed by atoms with van der Waals surface area (Å²) in [4.78, 5) is 4.31. The molecule has 0 radical (unpaired) electrons. The van der Waals surface area contributed by atoms with Crippen LogP contribution in [0.3, 0.4) is 0 Å². The molecule has 2 aromatic heterocycles. The Bertz CT molecular complexity index is 1020. The van der Waals surface area contributed by atoms with Crippen molar-refractivity contribution in [2.24, 2.45) is 0 Å². The van der Waals surface area contributed by atoms with Gasteiger partial charge in [-0.25, -0.2) is 22.2 Å². The van der Waals surface area contributed by atoms with Gasteiger partial charge in [0.05, 0.1) is 5.69 Å². The third-order valence-corrected chi connectivity index (χ3v) is 5.22. The molecule has 1 aromatic carbocycles. The Morgan fingerprint density at radius 1 is 1.20 bits per heavy atom. The number of unbranched alkanes of at least 4 members (excludes halogenated alkanes) is 1. The molecule has 0 saturated heterocycles. The van der Waals surface area contributed by atoms with Crippen LogP contribution in [0.5, 0.6) is 0 Å². The first kappa shape index (κ1) is 17.3. The van der Waals surface area contributed by atoms with Crippen LogP contribution in [0.4, 0.5) is 14.5 Å². The summed E-state index contributed by atoms with van der Waals surface area (Å²) in [6.45, 7) is 2.69. The molecule has 5 nitrogen and oxygen atoms in total. The number of fused-ring (bicyclic) bond motifs is 1. The summed E-state index contributed by atoms with van der Waals surface area (Å²) >= 11 is 0. The normalized spacial score (nSPS) is 11.8. The van der Waals surface area contributed by atoms with Gasteiger partial charge in [-0.3, -0.25) is 4.72 Å². The van der Waals surface area contributed by atoms with Gasteiger partial charge < -0.3 is 4.57 Å². The van der Waals surface area contributed by atoms with E-state index in [-0.39, 0.29) is 10.6 Å². The van der Waals surface area contributed by atoms with Gasteiger partial charge in [0.25, 0.3) is 10.0 Å². The van der Waals surface area contributed by atoms with E-state index < -0.39 is 21.7 Å². The van der Waals surface area contributed by atoms with Crippen molar-refractivity contribution < 1.29 is 17.2 Å². The van der Waals surface area contributed by atoms with Crippen LogP contribution < -0.4 is 4.72 Å². The number of sulfonamides is 1. The third kappa shape index (κ3) is 3.48. The molecule has 0 aliphatic heterocycles. The van der Waals surface area contributed by atoms with Crippen molar-refractivity contribution in [3.8, 4) is 0 Å². The minimum Gasteiger partial charge on any atom is -0.331 e. The summed E-state index contributed by atoms with van der Waals surface area (Å²) in [6.07, 6.45) is 4.97. The zero-order valence-corrected chi connectivity index (χ0v) is 14.4. The summed E-state index contributed by atoms with van der Waals surface area (Å²) in [6, 6.07) is 6.18. The number of halogens is 2. The summed E-state index contributed by atoms with van der Waals surface area (Å²) < 4.78 is 55.9. The van der Waals surface area contributed by atoms with Gasteiger partial charge in [0.1, 0.15) is 10.5 Å². The predicted octanol–water partition coefficient (Wildman–Crippen LogP) is 3.92. The summed E-state index contributed by atoms with van der Waals surface area (Å²) in [7, 11) is -3.97. The Morgan fingerprint density at radius 3 is 2.72 bits per heavy atom. The Labute approximate surface area is 144 Å². The highest BCUT2D eigenvalue weighted by Gasteiger charge is 2.22. The van der Waals surface area contributed by atoms with Gasteiger partial charge in [-0.05, 0) is 30.7 Å². The molecule has 0 fully saturated rings. The lowest BCUT2D eigenvalue weighted by molar-refractivity contribution is 0.509. The summed E-state index contributed by atoms with van der Waals surface area (Å²) in [5.41, 5.74) is 0.527. The molecule has 25 heavy (non-hydrogen) atoms. The summed E-state index contributed by atoms with van der Waals surface area (Å²) in [5.74, 6) is -2.16. The molecule has 0 spiro atoms. The average Bonchev–Trinajstić information content (AvgIpc) is 2.96. The van der Waals surface area contributed by atoms with Crippen LogP contribution in [0.25, 0.3) is 11.0 Å². The molecule has 0 aliphatic rings. The van der Waals surface area contributed by atoms with E-state index in [0.717, 1.165) is 25.0 Å². The number of nitrogens with one attached hydrogen (secondary N) is 1. The number of nitrogens with zero attached hydrogens (tertiary/aromatic N) is 2. The zero-order valence-electron chi connectivity index (χ0n) is 13.5. The fourth-order valence-electron chi connectivity index (χ4n) is 2.57. The number of hydrogen-bond acceptors (Lipinski definition) is 3. The lowest BCUT2D eigenvalue weighted by atomic mass is 10.3. The molecule has 0 atom stereocenters. The van der Waals surface area contributed by atoms with Gasteiger partial charge >= 0.3 is 0 Å². The Hall–Kier alpha value is -2.48. The maximum atomic E-state index is 13.3. The number of benzene rings is 1. The molecular weight excluding hydrogens is 348 g/mol. The van der Waals surface area contributed by atoms with Crippen molar-refractivity contribution >= 4 is 26.7 Å². The largest absolute Gasteiger partial charge is 0.331 e. The van der Waals surface area contributed by atoms with Crippen molar-refractivity contribution in [1.29, 1.82) is 0 Å². The number of hydrogen-bond donors (Lipinski definition) is 1. The van der Waals surface area contributed by atoms with Crippen LogP contribution in [0.1, 0.15) is 19.8 Å². The van der Waals surface area contributed by atoms with E-state index in [2.05, 4.69) is 9.71 Å². The minimum atomic E-state index is -3.97. The van der Waals surface area contributed by atoms with Crippen molar-refractivity contribution in [2.45, 2.75) is 31.2 Å². The summed E-state index contributed by atoms with van der Waals surface area (Å²) in [5, 5.41) is 0.480. The van der Waals surface area contributed by atoms with Crippen LogP contribution in [-0.2, 0) is 16.6 Å². The SMILES string of the molecule is CCCCn1cc(S(=O)(=O)Nc2ccc(F)c(F)c2)c2cccnc21. The second-order valence-corrected chi connectivity index (χ2v) is 7.30. The van der Waals surface area contributed by atoms with Gasteiger partial charge in [-0.1, -0.05) is 13.3 Å². The lowest BCUT2D eigenvalue weighted by Crippen LogP contribution is -2.13. The Kier molecular flexibility index (Phi) is 4.71. The highest BCUT2D eigenvalue weighted by molar-refractivity contribution is 7.93. The molecule has 0 bridgehead atoms. The van der Waals surface area contributed by atoms with Gasteiger partial charge in [-0.2, -0.15) is 0 Å². The maximum absolute atomic E-state index is 13.3. The fourth-order valence-corrected chi connectivity index (χ4v) is 3.84. The highest BCUT2D eigenvalue weighted by Crippen LogP contribution is 2.26. The van der Waals surface area contributed by atoms with Crippen molar-refractivity contribution in [3.05, 3.63) is 54.4 Å². The van der Waals surface area contributed by atoms with E-state index in [4.69, 9.17) is 0 Å². The first-order valence-electron chi connectivity index (χ1n) is 7.84. The van der Waals surface area contributed by atoms with E-state index in [9.17, 15) is 17.2 Å². The van der Waals surface area contributed by atoms with Crippen LogP contribution in [-0.4, -0.2) is 18.0 Å². The lowest BCUT2D eigenvalue weighted by Gasteiger charge is -2.07. The molecule has 0 saturated carbocycles. The van der Waals surface area contributed by atoms with E-state index in [1.165, 1.54) is 12.3 Å². The Morgan fingerprint density at radius 2 is 2.00 bits per heavy atom. The number of anilines is 1. The molecule has 3 aromatic rings. The van der Waals surface area contributed by atoms with Gasteiger partial charge in [0.2, 0.25) is 0 Å². The smallest absolute Gasteiger partial charge is 0.264 e. The van der Waals surface area contributed by atoms with E-state index in [1.807, 2.05) is 6.92 Å². The number of pyridine rings is 1. The zero-order chi connectivity index (χ0) is 18.0. The average molecular weight is 365 g/mol. The molecule has 0 aliphatic carbocycles. The topological polar surface area (TPSA) is 64.0 Å². The predicted molar refractivity (Wildman–Crippen MR) is 91.8 cm³/mol. The monoisotopic (exact) mass is 365 g/mol. The second-order valence-electron chi connectivity index (χ2n) is 5.65. The highest BCUT2D eigenvalue weighted by atomic mass is 32.2. The molecule has 0 amide bonds. The van der Waals surface area contributed by atoms with Crippen LogP contribution in [0.2, 0.25) is 0 Å². The van der Waals surface area contributed by atoms with E-state index in [1.54, 1.807) is 22.9 Å². The quantitative estimate of drug-likeness (QED) is 0.720. The number of rotatable bonds is 6. The molecule has 2 heterocycles. The van der Waals surface area contributed by atoms with Crippen molar-refractivity contribution in [2.75, 3.05) is 4.72 Å². The Balaban J connectivity index is 2.03. The fraction of sp³-hybridized carbons (Fsp3) is 0.235. The van der Waals surface area contributed by atoms with Gasteiger partial charge in [0, 0.05) is 30.4 Å². The second kappa shape index (κ2) is 6.79. The van der Waals surface area contributed by atoms with Crippen LogP contribution in [0, 0.1) is 11.6 Å². The van der Waals surface area contributed by atoms with Crippen LogP contribution in [0.15, 0.2) is 47.6 Å². The maximum Gasteiger partial charge on any atom is 0.264 e. The molecular formula is C17H17F2N3O2S. The van der Waals surface area contributed by atoms with Gasteiger partial charge in [-0.15, -0.1) is 0 Å². The standard InChI is InChI=1S/C17H17F2N3O2S/c1-2-3-9-22-11-16(13-5-4-8-20-17(13)22)25(23,24)21-12-6-7-14(18)15(19)10-12/h4-8,10-11,21H,2-3,9H2,1H3. The van der Waals surface area contributed by atoms with E-state index >= 15 is 0 Å². The molecule has 0 unspecified atom stereocenters. The molecule has 1 N–H and O–H groups in total. The first-order chi connectivity index (χ1) is 11.9. The van der Waals surface area contributed by atoms with Crippen LogP contribution >= 0.6 is 0 Å². The minimum absolute atomic E-state index is 0.0442.